The minimum atomic E-state index is -1.12. The Kier molecular flexibility index (Phi) is 9.48. The molecular formula is C17H21IN4O6. The summed E-state index contributed by atoms with van der Waals surface area (Å²) < 4.78 is 0.874. The predicted octanol–water partition coefficient (Wildman–Crippen LogP) is -0.261. The van der Waals surface area contributed by atoms with E-state index < -0.39 is 35.1 Å². The van der Waals surface area contributed by atoms with E-state index in [1.807, 2.05) is 0 Å². The van der Waals surface area contributed by atoms with E-state index in [1.54, 1.807) is 29.5 Å². The van der Waals surface area contributed by atoms with Crippen LogP contribution in [-0.4, -0.2) is 44.4 Å². The zero-order valence-corrected chi connectivity index (χ0v) is 17.6. The van der Waals surface area contributed by atoms with E-state index in [2.05, 4.69) is 16.0 Å². The summed E-state index contributed by atoms with van der Waals surface area (Å²) in [4.78, 5) is 70.6. The maximum absolute atomic E-state index is 12.5. The molecule has 0 saturated heterocycles. The van der Waals surface area contributed by atoms with Crippen molar-refractivity contribution in [1.82, 2.24) is 15.2 Å². The third-order valence-corrected chi connectivity index (χ3v) is 3.86. The first-order chi connectivity index (χ1) is 13.1. The number of carbonyl (C=O) groups excluding carboxylic acids is 5. The van der Waals surface area contributed by atoms with Crippen molar-refractivity contribution in [3.8, 4) is 0 Å². The summed E-state index contributed by atoms with van der Waals surface area (Å²) >= 11 is 1.55. The SMILES string of the molecule is CCNC(=O)C(=O)CC[C@H](NC(C)=O)C(=O)Nc1cccn(CC(=O)I)c1=O. The van der Waals surface area contributed by atoms with E-state index >= 15 is 0 Å². The molecule has 0 aromatic carbocycles. The molecule has 1 atom stereocenters. The fourth-order valence-electron chi connectivity index (χ4n) is 2.27. The number of rotatable bonds is 10. The second kappa shape index (κ2) is 11.3. The molecule has 1 heterocycles. The Labute approximate surface area is 174 Å². The van der Waals surface area contributed by atoms with Crippen molar-refractivity contribution >= 4 is 55.6 Å². The summed E-state index contributed by atoms with van der Waals surface area (Å²) in [5.74, 6) is -2.70. The number of pyridine rings is 1. The van der Waals surface area contributed by atoms with E-state index in [0.717, 1.165) is 4.57 Å². The van der Waals surface area contributed by atoms with Crippen LogP contribution in [0.2, 0.25) is 0 Å². The van der Waals surface area contributed by atoms with Gasteiger partial charge in [0.25, 0.3) is 11.5 Å². The molecule has 0 radical (unpaired) electrons. The molecule has 0 aliphatic rings. The van der Waals surface area contributed by atoms with Crippen molar-refractivity contribution in [2.24, 2.45) is 0 Å². The summed E-state index contributed by atoms with van der Waals surface area (Å²) in [5.41, 5.74) is -0.656. The molecule has 3 amide bonds. The van der Waals surface area contributed by atoms with Gasteiger partial charge in [0.05, 0.1) is 6.54 Å². The van der Waals surface area contributed by atoms with Crippen LogP contribution in [0.4, 0.5) is 5.69 Å². The second-order valence-electron chi connectivity index (χ2n) is 5.77. The number of nitrogens with one attached hydrogen (secondary N) is 3. The lowest BCUT2D eigenvalue weighted by Crippen LogP contribution is -2.44. The lowest BCUT2D eigenvalue weighted by Gasteiger charge is -2.17. The summed E-state index contributed by atoms with van der Waals surface area (Å²) in [6.45, 7) is 3.00. The Morgan fingerprint density at radius 2 is 1.89 bits per heavy atom. The van der Waals surface area contributed by atoms with Crippen molar-refractivity contribution in [2.45, 2.75) is 39.3 Å². The van der Waals surface area contributed by atoms with Crippen molar-refractivity contribution in [3.05, 3.63) is 28.7 Å². The molecule has 0 unspecified atom stereocenters. The smallest absolute Gasteiger partial charge is 0.287 e. The highest BCUT2D eigenvalue weighted by Crippen LogP contribution is 2.05. The lowest BCUT2D eigenvalue weighted by molar-refractivity contribution is -0.138. The highest BCUT2D eigenvalue weighted by molar-refractivity contribution is 14.1. The van der Waals surface area contributed by atoms with Gasteiger partial charge in [-0.2, -0.15) is 0 Å². The summed E-state index contributed by atoms with van der Waals surface area (Å²) in [6, 6.07) is 1.73. The van der Waals surface area contributed by atoms with Crippen LogP contribution in [0.25, 0.3) is 0 Å². The number of hydrogen-bond donors (Lipinski definition) is 3. The maximum atomic E-state index is 12.5. The lowest BCUT2D eigenvalue weighted by atomic mass is 10.1. The molecule has 1 aromatic rings. The maximum Gasteiger partial charge on any atom is 0.287 e. The average molecular weight is 504 g/mol. The van der Waals surface area contributed by atoms with Gasteiger partial charge in [-0.3, -0.25) is 28.8 Å². The third-order valence-electron chi connectivity index (χ3n) is 3.52. The molecule has 1 rings (SSSR count). The minimum Gasteiger partial charge on any atom is -0.350 e. The largest absolute Gasteiger partial charge is 0.350 e. The van der Waals surface area contributed by atoms with Crippen molar-refractivity contribution < 1.29 is 24.0 Å². The van der Waals surface area contributed by atoms with Crippen LogP contribution in [-0.2, 0) is 30.5 Å². The van der Waals surface area contributed by atoms with Gasteiger partial charge in [-0.15, -0.1) is 0 Å². The van der Waals surface area contributed by atoms with Gasteiger partial charge in [0.2, 0.25) is 21.4 Å². The average Bonchev–Trinajstić information content (AvgIpc) is 2.61. The number of likely N-dealkylation sites (N-methyl/N-ethyl adjacent to an activating group) is 1. The number of hydrogen-bond acceptors (Lipinski definition) is 6. The van der Waals surface area contributed by atoms with Crippen LogP contribution in [0.5, 0.6) is 0 Å². The van der Waals surface area contributed by atoms with Gasteiger partial charge in [-0.1, -0.05) is 0 Å². The third kappa shape index (κ3) is 7.58. The molecule has 10 nitrogen and oxygen atoms in total. The Hall–Kier alpha value is -2.57. The van der Waals surface area contributed by atoms with Crippen LogP contribution in [0.15, 0.2) is 23.1 Å². The number of carbonyl (C=O) groups is 5. The topological polar surface area (TPSA) is 143 Å². The Balaban J connectivity index is 2.89. The number of amides is 3. The van der Waals surface area contributed by atoms with Crippen LogP contribution in [0.1, 0.15) is 26.7 Å². The first-order valence-corrected chi connectivity index (χ1v) is 9.50. The van der Waals surface area contributed by atoms with Crippen LogP contribution in [0, 0.1) is 0 Å². The number of aromatic nitrogens is 1. The first-order valence-electron chi connectivity index (χ1n) is 8.42. The highest BCUT2D eigenvalue weighted by atomic mass is 127. The van der Waals surface area contributed by atoms with Gasteiger partial charge in [0.15, 0.2) is 0 Å². The standard InChI is InChI=1S/C17H21IN4O6/c1-3-19-16(27)13(24)7-6-11(20-10(2)23)15(26)21-12-5-4-8-22(17(12)28)9-14(18)25/h4-5,8,11H,3,6-7,9H2,1-2H3,(H,19,27)(H,20,23)(H,21,26)/t11-/m0/s1. The molecule has 28 heavy (non-hydrogen) atoms. The first kappa shape index (κ1) is 23.5. The quantitative estimate of drug-likeness (QED) is 0.228. The fraction of sp³-hybridized carbons (Fsp3) is 0.412. The van der Waals surface area contributed by atoms with Crippen molar-refractivity contribution in [3.63, 3.8) is 0 Å². The Morgan fingerprint density at radius 3 is 2.46 bits per heavy atom. The zero-order valence-electron chi connectivity index (χ0n) is 15.4. The Bertz CT molecular complexity index is 835. The summed E-state index contributed by atoms with van der Waals surface area (Å²) in [7, 11) is 0. The normalized spacial score (nSPS) is 11.2. The summed E-state index contributed by atoms with van der Waals surface area (Å²) in [5, 5.41) is 7.15. The molecule has 152 valence electrons. The number of anilines is 1. The van der Waals surface area contributed by atoms with E-state index in [9.17, 15) is 28.8 Å². The number of nitrogens with zero attached hydrogens (tertiary/aromatic N) is 1. The van der Waals surface area contributed by atoms with Crippen LogP contribution >= 0.6 is 22.6 Å². The van der Waals surface area contributed by atoms with Crippen LogP contribution < -0.4 is 21.5 Å². The highest BCUT2D eigenvalue weighted by Gasteiger charge is 2.23. The molecule has 3 N–H and O–H groups in total. The molecule has 0 bridgehead atoms. The number of halogens is 1. The van der Waals surface area contributed by atoms with Crippen molar-refractivity contribution in [1.29, 1.82) is 0 Å². The molecular weight excluding hydrogens is 483 g/mol. The second-order valence-corrected chi connectivity index (χ2v) is 6.98. The minimum absolute atomic E-state index is 0.0736. The molecule has 0 aliphatic heterocycles. The van der Waals surface area contributed by atoms with E-state index in [-0.39, 0.29) is 28.9 Å². The molecule has 1 aromatic heterocycles. The fourth-order valence-corrected chi connectivity index (χ4v) is 2.64. The molecule has 0 aliphatic carbocycles. The van der Waals surface area contributed by atoms with Crippen molar-refractivity contribution in [2.75, 3.05) is 11.9 Å². The summed E-state index contributed by atoms with van der Waals surface area (Å²) in [6.07, 6.45) is 1.03. The van der Waals surface area contributed by atoms with Gasteiger partial charge >= 0.3 is 0 Å². The molecule has 0 saturated carbocycles. The van der Waals surface area contributed by atoms with Gasteiger partial charge < -0.3 is 20.5 Å². The molecule has 0 spiro atoms. The van der Waals surface area contributed by atoms with Gasteiger partial charge in [0, 0.05) is 48.7 Å². The van der Waals surface area contributed by atoms with E-state index in [0.29, 0.717) is 6.54 Å². The van der Waals surface area contributed by atoms with Gasteiger partial charge in [-0.25, -0.2) is 0 Å². The van der Waals surface area contributed by atoms with Crippen LogP contribution in [0.3, 0.4) is 0 Å². The predicted molar refractivity (Wildman–Crippen MR) is 109 cm³/mol. The molecule has 0 fully saturated rings. The number of ketones is 1. The van der Waals surface area contributed by atoms with E-state index in [1.165, 1.54) is 25.3 Å². The number of Topliss-reactive ketones (excluding diaryl/α,β-unsaturated/α-hetero) is 1. The Morgan fingerprint density at radius 1 is 1.21 bits per heavy atom. The molecule has 11 heteroatoms. The zero-order chi connectivity index (χ0) is 21.3. The monoisotopic (exact) mass is 504 g/mol. The van der Waals surface area contributed by atoms with Gasteiger partial charge in [-0.05, 0) is 25.5 Å². The van der Waals surface area contributed by atoms with E-state index in [4.69, 9.17) is 0 Å². The van der Waals surface area contributed by atoms with Gasteiger partial charge in [0.1, 0.15) is 11.7 Å².